The number of nitrogens with zero attached hydrogens (tertiary/aromatic N) is 5. The Hall–Kier alpha value is -5.15. The Balaban J connectivity index is 1.17. The van der Waals surface area contributed by atoms with Gasteiger partial charge in [-0.2, -0.15) is 0 Å². The van der Waals surface area contributed by atoms with E-state index in [0.717, 1.165) is 63.1 Å². The van der Waals surface area contributed by atoms with Crippen molar-refractivity contribution in [2.75, 3.05) is 53.6 Å². The van der Waals surface area contributed by atoms with Crippen LogP contribution in [-0.4, -0.2) is 126 Å². The number of rotatable bonds is 10. The van der Waals surface area contributed by atoms with E-state index in [-0.39, 0.29) is 42.8 Å². The Labute approximate surface area is 383 Å². The SMILES string of the molecule is CCn1c(-c2cccnc2[C@H](C)OC)c2c3cc(ccc31)-c1cccc(c1)C[C@H](NC(=O)[C@H](C(C)C)N(C)C(=O)[C@H]1CCN(C3COC3)C1)C(=O)N1CCC[C@H](N1)C(=O)OCC(C)(C)C2. The summed E-state index contributed by atoms with van der Waals surface area (Å²) in [6, 6.07) is 16.6. The van der Waals surface area contributed by atoms with E-state index < -0.39 is 35.4 Å². The molecule has 0 spiro atoms. The first-order valence-corrected chi connectivity index (χ1v) is 23.5. The van der Waals surface area contributed by atoms with Crippen molar-refractivity contribution in [3.8, 4) is 22.4 Å². The number of likely N-dealkylation sites (N-methyl/N-ethyl adjacent to an activating group) is 1. The minimum Gasteiger partial charge on any atom is -0.464 e. The molecule has 4 aliphatic rings. The van der Waals surface area contributed by atoms with Crippen LogP contribution in [0.15, 0.2) is 60.8 Å². The average Bonchev–Trinajstić information content (AvgIpc) is 3.88. The van der Waals surface area contributed by atoms with Gasteiger partial charge in [0, 0.05) is 68.3 Å². The van der Waals surface area contributed by atoms with E-state index in [4.69, 9.17) is 19.2 Å². The van der Waals surface area contributed by atoms with Crippen molar-refractivity contribution in [1.29, 1.82) is 0 Å². The minimum atomic E-state index is -0.999. The lowest BCUT2D eigenvalue weighted by Crippen LogP contribution is -2.62. The fraction of sp³-hybridized carbons (Fsp3) is 0.549. The van der Waals surface area contributed by atoms with Gasteiger partial charge < -0.3 is 29.0 Å². The highest BCUT2D eigenvalue weighted by Gasteiger charge is 2.41. The molecule has 14 heteroatoms. The summed E-state index contributed by atoms with van der Waals surface area (Å²) < 4.78 is 19.7. The molecule has 0 radical (unpaired) electrons. The number of hydrogen-bond donors (Lipinski definition) is 2. The van der Waals surface area contributed by atoms with Gasteiger partial charge in [-0.3, -0.25) is 34.1 Å². The number of hydrazine groups is 1. The molecule has 0 aliphatic carbocycles. The lowest BCUT2D eigenvalue weighted by molar-refractivity contribution is -0.155. The number of nitrogens with one attached hydrogen (secondary N) is 2. The minimum absolute atomic E-state index is 0.0699. The smallest absolute Gasteiger partial charge is 0.324 e. The van der Waals surface area contributed by atoms with Crippen LogP contribution in [-0.2, 0) is 52.8 Å². The molecule has 3 fully saturated rings. The standard InChI is InChI=1S/C51H67N7O7/c1-9-57-43-18-17-35-25-39(43)40(46(57)38-15-11-20-52-44(38)32(4)63-8)26-51(5,6)30-65-50(62)41-16-12-21-58(54-41)49(61)42(24-33-13-10-14-34(35)23-33)53-47(59)45(31(2)3)55(7)48(60)36-19-22-56(27-36)37-28-64-29-37/h10-11,13-15,17-18,20,23,25,31-32,36-37,41-42,45,54H,9,12,16,19,21-22,24,26-30H2,1-8H3,(H,53,59)/t32-,36-,41-,42-,45-/m0/s1. The number of cyclic esters (lactones) is 1. The molecule has 0 unspecified atom stereocenters. The van der Waals surface area contributed by atoms with E-state index >= 15 is 0 Å². The highest BCUT2D eigenvalue weighted by Crippen LogP contribution is 2.42. The summed E-state index contributed by atoms with van der Waals surface area (Å²) in [5, 5.41) is 5.69. The van der Waals surface area contributed by atoms with Crippen molar-refractivity contribution in [3.63, 3.8) is 0 Å². The predicted octanol–water partition coefficient (Wildman–Crippen LogP) is 5.95. The summed E-state index contributed by atoms with van der Waals surface area (Å²) in [5.41, 5.74) is 10.7. The summed E-state index contributed by atoms with van der Waals surface area (Å²) in [5.74, 6) is -1.70. The molecule has 2 aromatic carbocycles. The molecule has 2 N–H and O–H groups in total. The number of aromatic nitrogens is 2. The Bertz CT molecular complexity index is 2410. The molecule has 4 aromatic rings. The van der Waals surface area contributed by atoms with Crippen molar-refractivity contribution in [2.24, 2.45) is 17.3 Å². The first kappa shape index (κ1) is 46.4. The summed E-state index contributed by atoms with van der Waals surface area (Å²) in [4.78, 5) is 65.9. The molecule has 348 valence electrons. The molecule has 6 heterocycles. The first-order chi connectivity index (χ1) is 31.2. The van der Waals surface area contributed by atoms with Gasteiger partial charge in [0.1, 0.15) is 18.1 Å². The molecule has 5 atom stereocenters. The number of ether oxygens (including phenoxy) is 3. The number of fused-ring (bicyclic) bond motifs is 6. The third-order valence-corrected chi connectivity index (χ3v) is 14.0. The fourth-order valence-electron chi connectivity index (χ4n) is 10.3. The zero-order valence-electron chi connectivity index (χ0n) is 39.4. The van der Waals surface area contributed by atoms with E-state index in [0.29, 0.717) is 58.2 Å². The number of esters is 1. The van der Waals surface area contributed by atoms with Gasteiger partial charge in [-0.25, -0.2) is 5.43 Å². The molecule has 3 saturated heterocycles. The maximum absolute atomic E-state index is 14.7. The average molecular weight is 890 g/mol. The van der Waals surface area contributed by atoms with Crippen LogP contribution in [0.2, 0.25) is 0 Å². The fourth-order valence-corrected chi connectivity index (χ4v) is 10.3. The highest BCUT2D eigenvalue weighted by atomic mass is 16.5. The second-order valence-corrected chi connectivity index (χ2v) is 19.7. The van der Waals surface area contributed by atoms with Gasteiger partial charge in [0.25, 0.3) is 5.91 Å². The summed E-state index contributed by atoms with van der Waals surface area (Å²) in [6.07, 6.45) is 4.15. The third kappa shape index (κ3) is 9.59. The molecule has 0 saturated carbocycles. The lowest BCUT2D eigenvalue weighted by Gasteiger charge is -2.37. The zero-order chi connectivity index (χ0) is 46.2. The summed E-state index contributed by atoms with van der Waals surface area (Å²) in [7, 11) is 3.40. The van der Waals surface area contributed by atoms with E-state index in [1.54, 1.807) is 25.3 Å². The van der Waals surface area contributed by atoms with Crippen LogP contribution < -0.4 is 10.7 Å². The van der Waals surface area contributed by atoms with E-state index in [2.05, 4.69) is 77.4 Å². The van der Waals surface area contributed by atoms with Crippen LogP contribution >= 0.6 is 0 Å². The van der Waals surface area contributed by atoms with Crippen LogP contribution in [0.25, 0.3) is 33.3 Å². The number of likely N-dealkylation sites (tertiary alicyclic amines) is 1. The van der Waals surface area contributed by atoms with Gasteiger partial charge in [-0.05, 0) is 98.5 Å². The molecular formula is C51H67N7O7. The van der Waals surface area contributed by atoms with Crippen LogP contribution in [0.4, 0.5) is 0 Å². The number of carbonyl (C=O) groups is 4. The number of pyridine rings is 1. The lowest BCUT2D eigenvalue weighted by atomic mass is 9.84. The summed E-state index contributed by atoms with van der Waals surface area (Å²) in [6.45, 7) is 16.3. The van der Waals surface area contributed by atoms with Gasteiger partial charge in [0.15, 0.2) is 0 Å². The number of amides is 3. The zero-order valence-corrected chi connectivity index (χ0v) is 39.4. The molecule has 2 aromatic heterocycles. The highest BCUT2D eigenvalue weighted by molar-refractivity contribution is 5.96. The Morgan fingerprint density at radius 1 is 1.03 bits per heavy atom. The Morgan fingerprint density at radius 2 is 1.82 bits per heavy atom. The first-order valence-electron chi connectivity index (χ1n) is 23.5. The molecule has 8 rings (SSSR count). The number of aryl methyl sites for hydroxylation is 1. The third-order valence-electron chi connectivity index (χ3n) is 14.0. The van der Waals surface area contributed by atoms with Gasteiger partial charge in [-0.1, -0.05) is 58.0 Å². The number of carbonyl (C=O) groups excluding carboxylic acids is 4. The molecule has 3 amide bonds. The van der Waals surface area contributed by atoms with Gasteiger partial charge in [0.05, 0.1) is 49.3 Å². The van der Waals surface area contributed by atoms with Crippen LogP contribution in [0, 0.1) is 17.3 Å². The maximum atomic E-state index is 14.7. The normalized spacial score (nSPS) is 22.8. The second-order valence-electron chi connectivity index (χ2n) is 19.7. The van der Waals surface area contributed by atoms with Crippen LogP contribution in [0.3, 0.4) is 0 Å². The van der Waals surface area contributed by atoms with Gasteiger partial charge >= 0.3 is 5.97 Å². The van der Waals surface area contributed by atoms with E-state index in [1.165, 1.54) is 5.01 Å². The Morgan fingerprint density at radius 3 is 2.54 bits per heavy atom. The van der Waals surface area contributed by atoms with Crippen molar-refractivity contribution in [1.82, 2.24) is 35.1 Å². The van der Waals surface area contributed by atoms with Gasteiger partial charge in [-0.15, -0.1) is 0 Å². The summed E-state index contributed by atoms with van der Waals surface area (Å²) >= 11 is 0. The largest absolute Gasteiger partial charge is 0.464 e. The predicted molar refractivity (Wildman–Crippen MR) is 249 cm³/mol. The number of hydrogen-bond acceptors (Lipinski definition) is 10. The molecular weight excluding hydrogens is 823 g/mol. The Kier molecular flexibility index (Phi) is 13.8. The number of benzene rings is 2. The topological polar surface area (TPSA) is 148 Å². The quantitative estimate of drug-likeness (QED) is 0.183. The monoisotopic (exact) mass is 890 g/mol. The molecule has 14 nitrogen and oxygen atoms in total. The van der Waals surface area contributed by atoms with Crippen molar-refractivity contribution in [3.05, 3.63) is 77.6 Å². The van der Waals surface area contributed by atoms with E-state index in [1.807, 2.05) is 39.0 Å². The van der Waals surface area contributed by atoms with E-state index in [9.17, 15) is 19.2 Å². The van der Waals surface area contributed by atoms with Crippen LogP contribution in [0.5, 0.6) is 0 Å². The maximum Gasteiger partial charge on any atom is 0.324 e. The van der Waals surface area contributed by atoms with Crippen LogP contribution in [0.1, 0.15) is 83.7 Å². The van der Waals surface area contributed by atoms with Crippen molar-refractivity contribution < 1.29 is 33.4 Å². The number of methoxy groups -OCH3 is 1. The molecule has 65 heavy (non-hydrogen) atoms. The van der Waals surface area contributed by atoms with Crippen molar-refractivity contribution in [2.45, 2.75) is 110 Å². The van der Waals surface area contributed by atoms with Gasteiger partial charge in [0.2, 0.25) is 11.8 Å². The van der Waals surface area contributed by atoms with Crippen molar-refractivity contribution >= 4 is 34.6 Å². The molecule has 6 bridgehead atoms. The molecule has 4 aliphatic heterocycles. The second kappa shape index (κ2) is 19.4.